The highest BCUT2D eigenvalue weighted by atomic mass is 32.1. The SMILES string of the molecule is c1ccc(-c2ccc3c(c2)c2cc(-c4ccccc4)ccc2n3-c2c3ccccc3c(-c3ccc4c(c3)sc3ccc(-c5c6ccccc6c(-n6c7ccc(-c8ccccc8)cc7c7cc(-c8ccccc8)ccc76)c6ccccc56)cc34)c3ccccc23)cc1. The summed E-state index contributed by atoms with van der Waals surface area (Å²) in [5.74, 6) is 0. The van der Waals surface area contributed by atoms with Crippen LogP contribution in [0.4, 0.5) is 0 Å². The Balaban J connectivity index is 0.773. The van der Waals surface area contributed by atoms with Crippen LogP contribution >= 0.6 is 11.3 Å². The standard InChI is InChI=1S/C88H54N2S/c1-5-21-55(22-6-1)59-38-44-79-74(49-59)75-50-60(56-23-7-2-8-24-56)39-45-80(75)89(79)87-70-33-17-13-29-66(70)85(67-30-14-18-34-71(67)87)63-42-48-83-78(53-63)65-43-37-64(54-84(65)91-83)86-68-31-15-19-35-72(68)88(73-36-20-16-32-69(73)86)90-81-46-40-61(57-25-9-3-10-26-57)51-76(81)77-52-62(41-47-82(77)90)58-27-11-4-12-28-58/h1-54H. The summed E-state index contributed by atoms with van der Waals surface area (Å²) in [7, 11) is 0. The fourth-order valence-corrected chi connectivity index (χ4v) is 16.3. The van der Waals surface area contributed by atoms with Crippen molar-refractivity contribution in [3.8, 4) is 78.1 Å². The third kappa shape index (κ3) is 8.05. The topological polar surface area (TPSA) is 9.86 Å². The summed E-state index contributed by atoms with van der Waals surface area (Å²) in [6.07, 6.45) is 0. The highest BCUT2D eigenvalue weighted by molar-refractivity contribution is 7.25. The van der Waals surface area contributed by atoms with Crippen molar-refractivity contribution < 1.29 is 0 Å². The van der Waals surface area contributed by atoms with Crippen LogP contribution in [-0.4, -0.2) is 9.13 Å². The molecule has 0 aliphatic rings. The number of hydrogen-bond acceptors (Lipinski definition) is 1. The molecule has 422 valence electrons. The molecule has 0 N–H and O–H groups in total. The van der Waals surface area contributed by atoms with Gasteiger partial charge in [-0.15, -0.1) is 11.3 Å². The van der Waals surface area contributed by atoms with E-state index in [0.717, 1.165) is 0 Å². The van der Waals surface area contributed by atoms with Gasteiger partial charge < -0.3 is 9.13 Å². The lowest BCUT2D eigenvalue weighted by atomic mass is 9.89. The van der Waals surface area contributed by atoms with Gasteiger partial charge in [0, 0.05) is 63.3 Å². The average molecular weight is 1170 g/mol. The first-order chi connectivity index (χ1) is 45.1. The lowest BCUT2D eigenvalue weighted by Gasteiger charge is -2.20. The Morgan fingerprint density at radius 1 is 0.165 bits per heavy atom. The first-order valence-electron chi connectivity index (χ1n) is 31.4. The highest BCUT2D eigenvalue weighted by Crippen LogP contribution is 2.50. The maximum atomic E-state index is 2.54. The molecule has 91 heavy (non-hydrogen) atoms. The zero-order chi connectivity index (χ0) is 59.7. The predicted octanol–water partition coefficient (Wildman–Crippen LogP) is 24.9. The molecule has 3 aromatic heterocycles. The van der Waals surface area contributed by atoms with Gasteiger partial charge in [0.2, 0.25) is 0 Å². The second-order valence-corrected chi connectivity index (χ2v) is 25.3. The van der Waals surface area contributed by atoms with Gasteiger partial charge in [0.05, 0.1) is 33.4 Å². The van der Waals surface area contributed by atoms with Crippen LogP contribution in [0.2, 0.25) is 0 Å². The van der Waals surface area contributed by atoms with Crippen molar-refractivity contribution in [3.05, 3.63) is 328 Å². The Labute approximate surface area is 529 Å². The van der Waals surface area contributed by atoms with Crippen LogP contribution in [0.3, 0.4) is 0 Å². The van der Waals surface area contributed by atoms with Crippen LogP contribution < -0.4 is 0 Å². The van der Waals surface area contributed by atoms with E-state index in [4.69, 9.17) is 0 Å². The summed E-state index contributed by atoms with van der Waals surface area (Å²) < 4.78 is 7.64. The fourth-order valence-electron chi connectivity index (χ4n) is 15.2. The van der Waals surface area contributed by atoms with E-state index in [-0.39, 0.29) is 0 Å². The van der Waals surface area contributed by atoms with Crippen LogP contribution in [0.25, 0.3) is 185 Å². The highest BCUT2D eigenvalue weighted by Gasteiger charge is 2.25. The summed E-state index contributed by atoms with van der Waals surface area (Å²) in [5.41, 5.74) is 21.7. The molecule has 0 unspecified atom stereocenters. The summed E-state index contributed by atoms with van der Waals surface area (Å²) in [4.78, 5) is 0. The minimum absolute atomic E-state index is 1.18. The van der Waals surface area contributed by atoms with Crippen LogP contribution in [0, 0.1) is 0 Å². The molecule has 0 bridgehead atoms. The Morgan fingerprint density at radius 3 is 0.780 bits per heavy atom. The second-order valence-electron chi connectivity index (χ2n) is 24.2. The number of hydrogen-bond donors (Lipinski definition) is 0. The van der Waals surface area contributed by atoms with Crippen molar-refractivity contribution in [1.82, 2.24) is 9.13 Å². The normalized spacial score (nSPS) is 12.0. The van der Waals surface area contributed by atoms with E-state index in [1.54, 1.807) is 0 Å². The number of fused-ring (bicyclic) bond motifs is 13. The lowest BCUT2D eigenvalue weighted by molar-refractivity contribution is 1.21. The maximum Gasteiger partial charge on any atom is 0.0619 e. The molecule has 2 nitrogen and oxygen atoms in total. The third-order valence-corrected chi connectivity index (χ3v) is 20.4. The molecule has 0 aliphatic heterocycles. The molecule has 0 saturated carbocycles. The van der Waals surface area contributed by atoms with E-state index in [1.165, 1.54) is 185 Å². The predicted molar refractivity (Wildman–Crippen MR) is 391 cm³/mol. The lowest BCUT2D eigenvalue weighted by Crippen LogP contribution is -1.99. The molecule has 16 aromatic carbocycles. The van der Waals surface area contributed by atoms with Gasteiger partial charge >= 0.3 is 0 Å². The van der Waals surface area contributed by atoms with Crippen molar-refractivity contribution in [2.45, 2.75) is 0 Å². The molecule has 0 radical (unpaired) electrons. The average Bonchev–Trinajstić information content (AvgIpc) is 1.76. The van der Waals surface area contributed by atoms with Crippen LogP contribution in [-0.2, 0) is 0 Å². The molecule has 3 heterocycles. The number of thiophene rings is 1. The molecule has 0 fully saturated rings. The number of rotatable bonds is 8. The van der Waals surface area contributed by atoms with E-state index in [0.29, 0.717) is 0 Å². The van der Waals surface area contributed by atoms with Crippen molar-refractivity contribution in [2.24, 2.45) is 0 Å². The number of aromatic nitrogens is 2. The monoisotopic (exact) mass is 1170 g/mol. The Hall–Kier alpha value is -11.6. The molecular weight excluding hydrogens is 1120 g/mol. The summed E-state index contributed by atoms with van der Waals surface area (Å²) in [6.45, 7) is 0. The largest absolute Gasteiger partial charge is 0.308 e. The molecule has 0 saturated heterocycles. The van der Waals surface area contributed by atoms with Gasteiger partial charge in [-0.25, -0.2) is 0 Å². The van der Waals surface area contributed by atoms with Crippen molar-refractivity contribution in [3.63, 3.8) is 0 Å². The first kappa shape index (κ1) is 51.4. The van der Waals surface area contributed by atoms with Crippen molar-refractivity contribution in [1.29, 1.82) is 0 Å². The van der Waals surface area contributed by atoms with Gasteiger partial charge in [0.1, 0.15) is 0 Å². The Morgan fingerprint density at radius 2 is 0.440 bits per heavy atom. The fraction of sp³-hybridized carbons (Fsp3) is 0. The first-order valence-corrected chi connectivity index (χ1v) is 32.2. The minimum atomic E-state index is 1.18. The molecule has 0 spiro atoms. The zero-order valence-corrected chi connectivity index (χ0v) is 50.3. The number of benzene rings is 16. The quantitative estimate of drug-likeness (QED) is 0.134. The van der Waals surface area contributed by atoms with Gasteiger partial charge in [0.15, 0.2) is 0 Å². The smallest absolute Gasteiger partial charge is 0.0619 e. The zero-order valence-electron chi connectivity index (χ0n) is 49.5. The molecule has 3 heteroatoms. The maximum absolute atomic E-state index is 2.54. The van der Waals surface area contributed by atoms with Crippen LogP contribution in [0.1, 0.15) is 0 Å². The summed E-state index contributed by atoms with van der Waals surface area (Å²) in [5, 5.41) is 17.3. The summed E-state index contributed by atoms with van der Waals surface area (Å²) in [6, 6.07) is 122. The third-order valence-electron chi connectivity index (χ3n) is 19.3. The van der Waals surface area contributed by atoms with Crippen molar-refractivity contribution >= 4 is 118 Å². The molecule has 0 atom stereocenters. The van der Waals surface area contributed by atoms with E-state index < -0.39 is 0 Å². The van der Waals surface area contributed by atoms with Gasteiger partial charge in [-0.1, -0.05) is 261 Å². The Kier molecular flexibility index (Phi) is 11.6. The van der Waals surface area contributed by atoms with Crippen LogP contribution in [0.5, 0.6) is 0 Å². The second kappa shape index (κ2) is 20.5. The van der Waals surface area contributed by atoms with Gasteiger partial charge in [0.25, 0.3) is 0 Å². The van der Waals surface area contributed by atoms with E-state index in [2.05, 4.69) is 337 Å². The molecule has 19 aromatic rings. The molecular formula is C88H54N2S. The number of nitrogens with zero attached hydrogens (tertiary/aromatic N) is 2. The minimum Gasteiger partial charge on any atom is -0.308 e. The van der Waals surface area contributed by atoms with Crippen molar-refractivity contribution in [2.75, 3.05) is 0 Å². The van der Waals surface area contributed by atoms with Crippen LogP contribution in [0.15, 0.2) is 328 Å². The van der Waals surface area contributed by atoms with E-state index in [1.807, 2.05) is 11.3 Å². The Bertz CT molecular complexity index is 5860. The molecule has 19 rings (SSSR count). The molecule has 0 aliphatic carbocycles. The van der Waals surface area contributed by atoms with E-state index >= 15 is 0 Å². The van der Waals surface area contributed by atoms with Gasteiger partial charge in [-0.3, -0.25) is 0 Å². The van der Waals surface area contributed by atoms with E-state index in [9.17, 15) is 0 Å². The summed E-state index contributed by atoms with van der Waals surface area (Å²) >= 11 is 1.89. The van der Waals surface area contributed by atoms with Gasteiger partial charge in [-0.2, -0.15) is 0 Å². The molecule has 0 amide bonds. The van der Waals surface area contributed by atoms with Gasteiger partial charge in [-0.05, 0) is 155 Å².